The van der Waals surface area contributed by atoms with Gasteiger partial charge >= 0.3 is 0 Å². The van der Waals surface area contributed by atoms with Gasteiger partial charge in [-0.05, 0) is 36.2 Å². The molecule has 0 unspecified atom stereocenters. The lowest BCUT2D eigenvalue weighted by Crippen LogP contribution is -2.52. The predicted molar refractivity (Wildman–Crippen MR) is 101 cm³/mol. The highest BCUT2D eigenvalue weighted by Gasteiger charge is 2.34. The van der Waals surface area contributed by atoms with Gasteiger partial charge in [0, 0.05) is 26.2 Å². The summed E-state index contributed by atoms with van der Waals surface area (Å²) < 4.78 is 58.8. The number of ether oxygens (including phenoxy) is 1. The summed E-state index contributed by atoms with van der Waals surface area (Å²) in [6.07, 6.45) is 0.586. The number of hydrogen-bond donors (Lipinski definition) is 0. The van der Waals surface area contributed by atoms with Gasteiger partial charge in [-0.2, -0.15) is 4.31 Å². The molecule has 1 saturated heterocycles. The minimum Gasteiger partial charge on any atom is -0.492 e. The zero-order valence-corrected chi connectivity index (χ0v) is 16.4. The number of amides is 1. The van der Waals surface area contributed by atoms with Crippen molar-refractivity contribution < 1.29 is 26.7 Å². The molecule has 0 bridgehead atoms. The van der Waals surface area contributed by atoms with Crippen LogP contribution in [0.15, 0.2) is 47.4 Å². The highest BCUT2D eigenvalue weighted by atomic mass is 32.2. The van der Waals surface area contributed by atoms with Gasteiger partial charge in [-0.25, -0.2) is 17.2 Å². The minimum atomic E-state index is -3.95. The summed E-state index contributed by atoms with van der Waals surface area (Å²) in [7, 11) is -3.95. The van der Waals surface area contributed by atoms with E-state index in [-0.39, 0.29) is 42.9 Å². The van der Waals surface area contributed by atoms with E-state index in [0.29, 0.717) is 19.1 Å². The molecule has 0 spiro atoms. The maximum absolute atomic E-state index is 13.4. The van der Waals surface area contributed by atoms with E-state index < -0.39 is 21.7 Å². The molecule has 0 aliphatic carbocycles. The fourth-order valence-corrected chi connectivity index (χ4v) is 5.11. The van der Waals surface area contributed by atoms with Crippen molar-refractivity contribution in [1.82, 2.24) is 9.21 Å². The molecule has 0 aromatic heterocycles. The van der Waals surface area contributed by atoms with Crippen LogP contribution in [0.3, 0.4) is 0 Å². The van der Waals surface area contributed by atoms with Gasteiger partial charge in [-0.3, -0.25) is 4.79 Å². The van der Waals surface area contributed by atoms with Crippen molar-refractivity contribution in [3.05, 3.63) is 59.7 Å². The van der Waals surface area contributed by atoms with Crippen molar-refractivity contribution in [2.45, 2.75) is 11.3 Å². The summed E-state index contributed by atoms with van der Waals surface area (Å²) in [4.78, 5) is 14.2. The normalized spacial score (nSPS) is 20.1. The minimum absolute atomic E-state index is 0.0654. The van der Waals surface area contributed by atoms with Crippen molar-refractivity contribution in [1.29, 1.82) is 0 Å². The quantitative estimate of drug-likeness (QED) is 0.760. The molecule has 2 aliphatic heterocycles. The highest BCUT2D eigenvalue weighted by Crippen LogP contribution is 2.28. The highest BCUT2D eigenvalue weighted by molar-refractivity contribution is 7.89. The maximum atomic E-state index is 13.4. The van der Waals surface area contributed by atoms with Crippen LogP contribution in [0.25, 0.3) is 0 Å². The molecule has 2 aromatic rings. The average molecular weight is 422 g/mol. The summed E-state index contributed by atoms with van der Waals surface area (Å²) in [5.41, 5.74) is 0.983. The molecule has 0 saturated carbocycles. The Labute approximate surface area is 167 Å². The van der Waals surface area contributed by atoms with Crippen molar-refractivity contribution >= 4 is 15.9 Å². The molecule has 2 aromatic carbocycles. The maximum Gasteiger partial charge on any atom is 0.243 e. The van der Waals surface area contributed by atoms with Gasteiger partial charge in [-0.1, -0.05) is 18.2 Å². The first-order valence-corrected chi connectivity index (χ1v) is 10.7. The lowest BCUT2D eigenvalue weighted by molar-refractivity contribution is -0.138. The topological polar surface area (TPSA) is 66.9 Å². The monoisotopic (exact) mass is 422 g/mol. The van der Waals surface area contributed by atoms with Crippen LogP contribution in [-0.2, 0) is 21.2 Å². The third-order valence-electron chi connectivity index (χ3n) is 5.31. The van der Waals surface area contributed by atoms with Crippen LogP contribution < -0.4 is 4.74 Å². The van der Waals surface area contributed by atoms with Crippen molar-refractivity contribution in [2.75, 3.05) is 32.8 Å². The van der Waals surface area contributed by atoms with E-state index in [1.165, 1.54) is 4.31 Å². The molecule has 9 heteroatoms. The second kappa shape index (κ2) is 7.72. The van der Waals surface area contributed by atoms with Gasteiger partial charge in [-0.15, -0.1) is 0 Å². The lowest BCUT2D eigenvalue weighted by atomic mass is 9.95. The summed E-state index contributed by atoms with van der Waals surface area (Å²) in [5, 5.41) is 0. The van der Waals surface area contributed by atoms with Crippen molar-refractivity contribution in [2.24, 2.45) is 5.92 Å². The number of rotatable bonds is 3. The Bertz CT molecular complexity index is 1040. The fraction of sp³-hybridized carbons (Fsp3) is 0.350. The van der Waals surface area contributed by atoms with E-state index in [1.54, 1.807) is 4.90 Å². The molecule has 4 rings (SSSR count). The third kappa shape index (κ3) is 3.84. The van der Waals surface area contributed by atoms with E-state index >= 15 is 0 Å². The van der Waals surface area contributed by atoms with Gasteiger partial charge in [0.15, 0.2) is 11.6 Å². The molecule has 0 N–H and O–H groups in total. The van der Waals surface area contributed by atoms with E-state index in [0.717, 1.165) is 23.4 Å². The molecule has 2 heterocycles. The van der Waals surface area contributed by atoms with Crippen LogP contribution in [0.1, 0.15) is 5.56 Å². The largest absolute Gasteiger partial charge is 0.492 e. The molecule has 29 heavy (non-hydrogen) atoms. The number of carbonyl (C=O) groups excluding carboxylic acids is 1. The molecule has 6 nitrogen and oxygen atoms in total. The zero-order valence-electron chi connectivity index (χ0n) is 15.6. The smallest absolute Gasteiger partial charge is 0.243 e. The number of hydrogen-bond acceptors (Lipinski definition) is 4. The number of carbonyl (C=O) groups is 1. The Morgan fingerprint density at radius 1 is 1.00 bits per heavy atom. The zero-order chi connectivity index (χ0) is 20.6. The molecular formula is C20H20F2N2O4S. The SMILES string of the molecule is O=C([C@H]1COc2ccccc2C1)N1CCN(S(=O)(=O)c2ccc(F)c(F)c2)CC1. The molecule has 2 aliphatic rings. The predicted octanol–water partition coefficient (Wildman–Crippen LogP) is 2.05. The summed E-state index contributed by atoms with van der Waals surface area (Å²) in [5.74, 6) is -1.89. The van der Waals surface area contributed by atoms with Crippen LogP contribution in [0.2, 0.25) is 0 Å². The third-order valence-corrected chi connectivity index (χ3v) is 7.20. The second-order valence-corrected chi connectivity index (χ2v) is 9.06. The molecule has 1 atom stereocenters. The Hall–Kier alpha value is -2.52. The van der Waals surface area contributed by atoms with Gasteiger partial charge in [0.05, 0.1) is 10.8 Å². The van der Waals surface area contributed by atoms with Crippen LogP contribution >= 0.6 is 0 Å². The first-order valence-electron chi connectivity index (χ1n) is 9.31. The molecule has 1 amide bonds. The van der Waals surface area contributed by atoms with Crippen LogP contribution in [0.4, 0.5) is 8.78 Å². The summed E-state index contributed by atoms with van der Waals surface area (Å²) >= 11 is 0. The Balaban J connectivity index is 1.40. The number of para-hydroxylation sites is 1. The van der Waals surface area contributed by atoms with E-state index in [1.807, 2.05) is 24.3 Å². The van der Waals surface area contributed by atoms with Gasteiger partial charge < -0.3 is 9.64 Å². The Morgan fingerprint density at radius 2 is 1.72 bits per heavy atom. The standard InChI is InChI=1S/C20H20F2N2O4S/c21-17-6-5-16(12-18(17)22)29(26,27)24-9-7-23(8-10-24)20(25)15-11-14-3-1-2-4-19(14)28-13-15/h1-6,12,15H,7-11,13H2/t15-/m1/s1. The van der Waals surface area contributed by atoms with Gasteiger partial charge in [0.2, 0.25) is 15.9 Å². The Kier molecular flexibility index (Phi) is 5.26. The fourth-order valence-electron chi connectivity index (χ4n) is 3.68. The Morgan fingerprint density at radius 3 is 2.45 bits per heavy atom. The molecular weight excluding hydrogens is 402 g/mol. The number of sulfonamides is 1. The van der Waals surface area contributed by atoms with E-state index in [2.05, 4.69) is 0 Å². The molecule has 0 radical (unpaired) electrons. The second-order valence-electron chi connectivity index (χ2n) is 7.13. The van der Waals surface area contributed by atoms with Crippen LogP contribution in [0.5, 0.6) is 5.75 Å². The summed E-state index contributed by atoms with van der Waals surface area (Å²) in [6, 6.07) is 10.1. The average Bonchev–Trinajstić information content (AvgIpc) is 2.74. The first-order chi connectivity index (χ1) is 13.9. The first kappa shape index (κ1) is 19.8. The molecule has 154 valence electrons. The van der Waals surface area contributed by atoms with Gasteiger partial charge in [0.25, 0.3) is 0 Å². The number of halogens is 2. The lowest BCUT2D eigenvalue weighted by Gasteiger charge is -2.36. The number of fused-ring (bicyclic) bond motifs is 1. The number of benzene rings is 2. The molecule has 1 fully saturated rings. The van der Waals surface area contributed by atoms with Gasteiger partial charge in [0.1, 0.15) is 12.4 Å². The number of piperazine rings is 1. The van der Waals surface area contributed by atoms with E-state index in [4.69, 9.17) is 4.74 Å². The van der Waals surface area contributed by atoms with Crippen LogP contribution in [0, 0.1) is 17.6 Å². The van der Waals surface area contributed by atoms with Crippen molar-refractivity contribution in [3.63, 3.8) is 0 Å². The number of nitrogens with zero attached hydrogens (tertiary/aromatic N) is 2. The van der Waals surface area contributed by atoms with E-state index in [9.17, 15) is 22.0 Å². The summed E-state index contributed by atoms with van der Waals surface area (Å²) in [6.45, 7) is 0.956. The van der Waals surface area contributed by atoms with Crippen LogP contribution in [-0.4, -0.2) is 56.3 Å². The van der Waals surface area contributed by atoms with Crippen molar-refractivity contribution in [3.8, 4) is 5.75 Å².